The van der Waals surface area contributed by atoms with Crippen molar-refractivity contribution in [2.75, 3.05) is 6.54 Å². The number of halogens is 1. The first-order chi connectivity index (χ1) is 9.08. The lowest BCUT2D eigenvalue weighted by Gasteiger charge is -2.20. The van der Waals surface area contributed by atoms with E-state index < -0.39 is 0 Å². The van der Waals surface area contributed by atoms with Crippen LogP contribution in [0.1, 0.15) is 45.1 Å². The molecule has 0 bridgehead atoms. The summed E-state index contributed by atoms with van der Waals surface area (Å²) < 4.78 is 3.47. The van der Waals surface area contributed by atoms with E-state index in [0.717, 1.165) is 16.5 Å². The van der Waals surface area contributed by atoms with Crippen molar-refractivity contribution in [1.29, 1.82) is 0 Å². The monoisotopic (exact) mass is 321 g/mol. The quantitative estimate of drug-likeness (QED) is 0.904. The van der Waals surface area contributed by atoms with Gasteiger partial charge in [0.05, 0.1) is 17.1 Å². The van der Waals surface area contributed by atoms with E-state index >= 15 is 0 Å². The Morgan fingerprint density at radius 2 is 2.21 bits per heavy atom. The minimum atomic E-state index is 0.383. The molecular weight excluding hydrogens is 302 g/mol. The van der Waals surface area contributed by atoms with Crippen LogP contribution in [0.4, 0.5) is 0 Å². The number of nitrogens with one attached hydrogen (secondary N) is 1. The van der Waals surface area contributed by atoms with Gasteiger partial charge in [-0.1, -0.05) is 22.9 Å². The van der Waals surface area contributed by atoms with E-state index in [1.54, 1.807) is 0 Å². The standard InChI is InChI=1S/C15H20BrN3/c1-9(2)19-13-5-4-11(16)8-12(13)18-15(19)14-10(3)6-7-17-14/h4-5,8-10,14,17H,6-7H2,1-3H3. The van der Waals surface area contributed by atoms with Gasteiger partial charge in [0, 0.05) is 10.5 Å². The van der Waals surface area contributed by atoms with Crippen molar-refractivity contribution in [2.24, 2.45) is 5.92 Å². The average Bonchev–Trinajstić information content (AvgIpc) is 2.91. The fourth-order valence-corrected chi connectivity index (χ4v) is 3.38. The summed E-state index contributed by atoms with van der Waals surface area (Å²) in [6.07, 6.45) is 1.23. The number of hydrogen-bond acceptors (Lipinski definition) is 2. The second-order valence-corrected chi connectivity index (χ2v) is 6.68. The van der Waals surface area contributed by atoms with Crippen molar-refractivity contribution in [1.82, 2.24) is 14.9 Å². The van der Waals surface area contributed by atoms with Crippen LogP contribution >= 0.6 is 15.9 Å². The molecule has 2 unspecified atom stereocenters. The third kappa shape index (κ3) is 2.21. The molecule has 3 nitrogen and oxygen atoms in total. The predicted molar refractivity (Wildman–Crippen MR) is 82.3 cm³/mol. The molecule has 2 heterocycles. The molecule has 0 saturated carbocycles. The maximum absolute atomic E-state index is 4.90. The molecule has 19 heavy (non-hydrogen) atoms. The summed E-state index contributed by atoms with van der Waals surface area (Å²) in [5, 5.41) is 3.60. The molecule has 102 valence electrons. The molecule has 4 heteroatoms. The van der Waals surface area contributed by atoms with Crippen LogP contribution in [0.3, 0.4) is 0 Å². The summed E-state index contributed by atoms with van der Waals surface area (Å²) in [6, 6.07) is 7.18. The maximum atomic E-state index is 4.90. The van der Waals surface area contributed by atoms with Crippen LogP contribution < -0.4 is 5.32 Å². The first-order valence-electron chi connectivity index (χ1n) is 6.98. The highest BCUT2D eigenvalue weighted by atomic mass is 79.9. The second-order valence-electron chi connectivity index (χ2n) is 5.76. The lowest BCUT2D eigenvalue weighted by Crippen LogP contribution is -2.22. The van der Waals surface area contributed by atoms with Gasteiger partial charge in [0.2, 0.25) is 0 Å². The van der Waals surface area contributed by atoms with E-state index in [-0.39, 0.29) is 0 Å². The average molecular weight is 322 g/mol. The summed E-state index contributed by atoms with van der Waals surface area (Å²) in [7, 11) is 0. The summed E-state index contributed by atoms with van der Waals surface area (Å²) in [5.41, 5.74) is 2.31. The molecule has 1 aliphatic heterocycles. The normalized spacial score (nSPS) is 23.6. The Morgan fingerprint density at radius 3 is 2.84 bits per heavy atom. The van der Waals surface area contributed by atoms with Gasteiger partial charge in [0.15, 0.2) is 0 Å². The number of benzene rings is 1. The van der Waals surface area contributed by atoms with Crippen molar-refractivity contribution in [3.8, 4) is 0 Å². The maximum Gasteiger partial charge on any atom is 0.127 e. The van der Waals surface area contributed by atoms with Crippen molar-refractivity contribution < 1.29 is 0 Å². The van der Waals surface area contributed by atoms with Crippen LogP contribution in [0.2, 0.25) is 0 Å². The Labute approximate surface area is 122 Å². The minimum Gasteiger partial charge on any atom is -0.324 e. The van der Waals surface area contributed by atoms with E-state index in [9.17, 15) is 0 Å². The van der Waals surface area contributed by atoms with Gasteiger partial charge in [-0.25, -0.2) is 4.98 Å². The molecule has 3 rings (SSSR count). The van der Waals surface area contributed by atoms with Crippen LogP contribution in [-0.2, 0) is 0 Å². The fourth-order valence-electron chi connectivity index (χ4n) is 3.03. The zero-order chi connectivity index (χ0) is 13.6. The number of imidazole rings is 1. The molecule has 2 atom stereocenters. The van der Waals surface area contributed by atoms with Crippen molar-refractivity contribution in [3.63, 3.8) is 0 Å². The highest BCUT2D eigenvalue weighted by molar-refractivity contribution is 9.10. The summed E-state index contributed by atoms with van der Waals surface area (Å²) in [6.45, 7) is 7.86. The zero-order valence-corrected chi connectivity index (χ0v) is 13.2. The van der Waals surface area contributed by atoms with Gasteiger partial charge in [0.25, 0.3) is 0 Å². The fraction of sp³-hybridized carbons (Fsp3) is 0.533. The molecular formula is C15H20BrN3. The number of rotatable bonds is 2. The van der Waals surface area contributed by atoms with Gasteiger partial charge in [0.1, 0.15) is 5.82 Å². The molecule has 1 saturated heterocycles. The summed E-state index contributed by atoms with van der Waals surface area (Å²) in [4.78, 5) is 4.90. The Morgan fingerprint density at radius 1 is 1.42 bits per heavy atom. The van der Waals surface area contributed by atoms with Crippen molar-refractivity contribution >= 4 is 27.0 Å². The number of hydrogen-bond donors (Lipinski definition) is 1. The highest BCUT2D eigenvalue weighted by Gasteiger charge is 2.29. The van der Waals surface area contributed by atoms with Gasteiger partial charge >= 0.3 is 0 Å². The molecule has 1 aromatic carbocycles. The van der Waals surface area contributed by atoms with Gasteiger partial charge in [-0.15, -0.1) is 0 Å². The van der Waals surface area contributed by atoms with E-state index in [1.807, 2.05) is 0 Å². The molecule has 1 fully saturated rings. The van der Waals surface area contributed by atoms with Crippen LogP contribution in [0, 0.1) is 5.92 Å². The van der Waals surface area contributed by atoms with Crippen molar-refractivity contribution in [2.45, 2.75) is 39.3 Å². The van der Waals surface area contributed by atoms with Crippen LogP contribution in [-0.4, -0.2) is 16.1 Å². The Hall–Kier alpha value is -0.870. The summed E-state index contributed by atoms with van der Waals surface area (Å²) >= 11 is 3.53. The highest BCUT2D eigenvalue weighted by Crippen LogP contribution is 2.33. The van der Waals surface area contributed by atoms with E-state index in [4.69, 9.17) is 4.98 Å². The van der Waals surface area contributed by atoms with Gasteiger partial charge in [-0.2, -0.15) is 0 Å². The van der Waals surface area contributed by atoms with Crippen molar-refractivity contribution in [3.05, 3.63) is 28.5 Å². The minimum absolute atomic E-state index is 0.383. The second kappa shape index (κ2) is 4.91. The summed E-state index contributed by atoms with van der Waals surface area (Å²) in [5.74, 6) is 1.84. The zero-order valence-electron chi connectivity index (χ0n) is 11.7. The molecule has 0 aliphatic carbocycles. The molecule has 0 spiro atoms. The lowest BCUT2D eigenvalue weighted by molar-refractivity contribution is 0.444. The van der Waals surface area contributed by atoms with Gasteiger partial charge < -0.3 is 9.88 Å². The molecule has 1 aliphatic rings. The first-order valence-corrected chi connectivity index (χ1v) is 7.78. The smallest absolute Gasteiger partial charge is 0.127 e. The molecule has 1 aromatic heterocycles. The topological polar surface area (TPSA) is 29.9 Å². The lowest BCUT2D eigenvalue weighted by atomic mass is 10.0. The third-order valence-corrected chi connectivity index (χ3v) is 4.50. The van der Waals surface area contributed by atoms with Gasteiger partial charge in [-0.05, 0) is 50.9 Å². The van der Waals surface area contributed by atoms with E-state index in [1.165, 1.54) is 17.8 Å². The molecule has 2 aromatic rings. The number of nitrogens with zero attached hydrogens (tertiary/aromatic N) is 2. The Bertz CT molecular complexity index is 603. The first kappa shape index (κ1) is 13.1. The largest absolute Gasteiger partial charge is 0.324 e. The Balaban J connectivity index is 2.19. The molecule has 1 N–H and O–H groups in total. The van der Waals surface area contributed by atoms with Gasteiger partial charge in [-0.3, -0.25) is 0 Å². The number of aromatic nitrogens is 2. The SMILES string of the molecule is CC1CCNC1c1nc2cc(Br)ccc2n1C(C)C. The van der Waals surface area contributed by atoms with E-state index in [2.05, 4.69) is 64.8 Å². The van der Waals surface area contributed by atoms with Crippen LogP contribution in [0.25, 0.3) is 11.0 Å². The predicted octanol–water partition coefficient (Wildman–Crippen LogP) is 4.05. The molecule has 0 radical (unpaired) electrons. The van der Waals surface area contributed by atoms with E-state index in [0.29, 0.717) is 18.0 Å². The molecule has 0 amide bonds. The van der Waals surface area contributed by atoms with Crippen LogP contribution in [0.15, 0.2) is 22.7 Å². The third-order valence-electron chi connectivity index (χ3n) is 4.01. The number of fused-ring (bicyclic) bond motifs is 1. The van der Waals surface area contributed by atoms with Crippen LogP contribution in [0.5, 0.6) is 0 Å². The Kier molecular flexibility index (Phi) is 3.39.